The minimum absolute atomic E-state index is 0.0380. The average Bonchev–Trinajstić information content (AvgIpc) is 2.61. The molecule has 0 aromatic rings. The Hall–Kier alpha value is -0.610. The minimum Gasteiger partial charge on any atom is -0.395 e. The van der Waals surface area contributed by atoms with Crippen molar-refractivity contribution in [2.24, 2.45) is 5.92 Å². The highest BCUT2D eigenvalue weighted by Gasteiger charge is 2.11. The molecule has 0 rings (SSSR count). The van der Waals surface area contributed by atoms with Crippen LogP contribution in [0.1, 0.15) is 104 Å². The number of hydrogen-bond acceptors (Lipinski definition) is 3. The summed E-state index contributed by atoms with van der Waals surface area (Å²) in [6.07, 6.45) is 17.5. The van der Waals surface area contributed by atoms with Crippen molar-refractivity contribution < 1.29 is 15.0 Å². The van der Waals surface area contributed by atoms with E-state index in [9.17, 15) is 4.79 Å². The summed E-state index contributed by atoms with van der Waals surface area (Å²) in [6, 6.07) is 0. The van der Waals surface area contributed by atoms with Crippen LogP contribution in [0.15, 0.2) is 0 Å². The second-order valence-corrected chi connectivity index (χ2v) is 8.00. The van der Waals surface area contributed by atoms with Crippen molar-refractivity contribution in [2.45, 2.75) is 104 Å². The highest BCUT2D eigenvalue weighted by molar-refractivity contribution is 5.76. The van der Waals surface area contributed by atoms with Crippen LogP contribution in [0.3, 0.4) is 0 Å². The summed E-state index contributed by atoms with van der Waals surface area (Å²) in [5, 5.41) is 17.9. The van der Waals surface area contributed by atoms with Crippen molar-refractivity contribution in [3.8, 4) is 0 Å². The van der Waals surface area contributed by atoms with Crippen molar-refractivity contribution in [3.05, 3.63) is 0 Å². The molecule has 0 atom stereocenters. The third-order valence-electron chi connectivity index (χ3n) is 5.01. The summed E-state index contributed by atoms with van der Waals surface area (Å²) in [6.45, 7) is 5.20. The van der Waals surface area contributed by atoms with Crippen LogP contribution < -0.4 is 0 Å². The third kappa shape index (κ3) is 16.8. The number of amides is 1. The molecule has 0 spiro atoms. The Labute approximate surface area is 162 Å². The first kappa shape index (κ1) is 25.4. The van der Waals surface area contributed by atoms with Crippen molar-refractivity contribution in [1.82, 2.24) is 4.90 Å². The SMILES string of the molecule is CC(C)CCCCCCCCCCCCCCC(=O)N(CCO)CCO. The summed E-state index contributed by atoms with van der Waals surface area (Å²) >= 11 is 0. The van der Waals surface area contributed by atoms with Crippen LogP contribution >= 0.6 is 0 Å². The second kappa shape index (κ2) is 19.2. The van der Waals surface area contributed by atoms with E-state index in [0.29, 0.717) is 19.5 Å². The van der Waals surface area contributed by atoms with Crippen molar-refractivity contribution >= 4 is 5.91 Å². The highest BCUT2D eigenvalue weighted by atomic mass is 16.3. The van der Waals surface area contributed by atoms with Crippen molar-refractivity contribution in [3.63, 3.8) is 0 Å². The minimum atomic E-state index is -0.0380. The lowest BCUT2D eigenvalue weighted by Gasteiger charge is -2.20. The van der Waals surface area contributed by atoms with Gasteiger partial charge in [0.15, 0.2) is 0 Å². The highest BCUT2D eigenvalue weighted by Crippen LogP contribution is 2.14. The van der Waals surface area contributed by atoms with Crippen molar-refractivity contribution in [1.29, 1.82) is 0 Å². The number of rotatable bonds is 19. The van der Waals surface area contributed by atoms with Crippen LogP contribution in [-0.2, 0) is 4.79 Å². The maximum atomic E-state index is 12.0. The fourth-order valence-corrected chi connectivity index (χ4v) is 3.36. The van der Waals surface area contributed by atoms with E-state index >= 15 is 0 Å². The van der Waals surface area contributed by atoms with E-state index < -0.39 is 0 Å². The van der Waals surface area contributed by atoms with Gasteiger partial charge < -0.3 is 15.1 Å². The molecule has 0 radical (unpaired) electrons. The molecule has 0 saturated carbocycles. The largest absolute Gasteiger partial charge is 0.395 e. The van der Waals surface area contributed by atoms with Gasteiger partial charge in [0.05, 0.1) is 13.2 Å². The fourth-order valence-electron chi connectivity index (χ4n) is 3.36. The molecule has 0 aliphatic heterocycles. The zero-order chi connectivity index (χ0) is 19.5. The zero-order valence-electron chi connectivity index (χ0n) is 17.6. The molecule has 26 heavy (non-hydrogen) atoms. The molecule has 1 amide bonds. The number of aliphatic hydroxyl groups excluding tert-OH is 2. The number of nitrogens with zero attached hydrogens (tertiary/aromatic N) is 1. The topological polar surface area (TPSA) is 60.8 Å². The Morgan fingerprint density at radius 2 is 1.08 bits per heavy atom. The Morgan fingerprint density at radius 3 is 1.46 bits per heavy atom. The molecular formula is C22H45NO3. The van der Waals surface area contributed by atoms with Crippen LogP contribution in [0.25, 0.3) is 0 Å². The lowest BCUT2D eigenvalue weighted by atomic mass is 10.0. The van der Waals surface area contributed by atoms with Gasteiger partial charge in [-0.2, -0.15) is 0 Å². The standard InChI is InChI=1S/C22H45NO3/c1-21(2)15-13-11-9-7-5-3-4-6-8-10-12-14-16-22(26)23(17-19-24)18-20-25/h21,24-25H,3-20H2,1-2H3. The molecule has 156 valence electrons. The maximum absolute atomic E-state index is 12.0. The molecule has 0 fully saturated rings. The van der Waals surface area contributed by atoms with Gasteiger partial charge in [-0.3, -0.25) is 4.79 Å². The summed E-state index contributed by atoms with van der Waals surface area (Å²) < 4.78 is 0. The molecule has 4 nitrogen and oxygen atoms in total. The Balaban J connectivity index is 3.32. The van der Waals surface area contributed by atoms with Gasteiger partial charge in [0.25, 0.3) is 0 Å². The van der Waals surface area contributed by atoms with Gasteiger partial charge in [0.2, 0.25) is 5.91 Å². The van der Waals surface area contributed by atoms with Crippen LogP contribution in [0.4, 0.5) is 0 Å². The molecular weight excluding hydrogens is 326 g/mol. The van der Waals surface area contributed by atoms with Crippen LogP contribution in [0.5, 0.6) is 0 Å². The van der Waals surface area contributed by atoms with Gasteiger partial charge in [-0.05, 0) is 12.3 Å². The quantitative estimate of drug-likeness (QED) is 0.317. The van der Waals surface area contributed by atoms with Gasteiger partial charge in [0.1, 0.15) is 0 Å². The van der Waals surface area contributed by atoms with Gasteiger partial charge in [-0.25, -0.2) is 0 Å². The Kier molecular flexibility index (Phi) is 18.7. The molecule has 2 N–H and O–H groups in total. The number of aliphatic hydroxyl groups is 2. The zero-order valence-corrected chi connectivity index (χ0v) is 17.6. The summed E-state index contributed by atoms with van der Waals surface area (Å²) in [7, 11) is 0. The molecule has 0 aromatic carbocycles. The first-order chi connectivity index (χ1) is 12.6. The van der Waals surface area contributed by atoms with Gasteiger partial charge in [-0.15, -0.1) is 0 Å². The Morgan fingerprint density at radius 1 is 0.692 bits per heavy atom. The lowest BCUT2D eigenvalue weighted by molar-refractivity contribution is -0.132. The molecule has 0 aliphatic carbocycles. The first-order valence-electron chi connectivity index (χ1n) is 11.1. The monoisotopic (exact) mass is 371 g/mol. The molecule has 0 heterocycles. The lowest BCUT2D eigenvalue weighted by Crippen LogP contribution is -2.35. The normalized spacial score (nSPS) is 11.3. The predicted octanol–water partition coefficient (Wildman–Crippen LogP) is 4.92. The van der Waals surface area contributed by atoms with E-state index in [1.807, 2.05) is 0 Å². The second-order valence-electron chi connectivity index (χ2n) is 8.00. The average molecular weight is 372 g/mol. The van der Waals surface area contributed by atoms with Crippen LogP contribution in [0.2, 0.25) is 0 Å². The molecule has 0 aromatic heterocycles. The van der Waals surface area contributed by atoms with Gasteiger partial charge in [0, 0.05) is 19.5 Å². The van der Waals surface area contributed by atoms with E-state index in [0.717, 1.165) is 18.8 Å². The summed E-state index contributed by atoms with van der Waals surface area (Å²) in [5.74, 6) is 0.912. The summed E-state index contributed by atoms with van der Waals surface area (Å²) in [4.78, 5) is 13.5. The van der Waals surface area contributed by atoms with Crippen LogP contribution in [0, 0.1) is 5.92 Å². The van der Waals surface area contributed by atoms with E-state index in [1.165, 1.54) is 70.6 Å². The molecule has 0 bridgehead atoms. The molecule has 0 saturated heterocycles. The number of carbonyl (C=O) groups is 1. The summed E-state index contributed by atoms with van der Waals surface area (Å²) in [5.41, 5.74) is 0. The first-order valence-corrected chi connectivity index (χ1v) is 11.1. The smallest absolute Gasteiger partial charge is 0.222 e. The van der Waals surface area contributed by atoms with E-state index in [4.69, 9.17) is 10.2 Å². The van der Waals surface area contributed by atoms with Gasteiger partial charge in [-0.1, -0.05) is 90.9 Å². The number of hydrogen-bond donors (Lipinski definition) is 2. The van der Waals surface area contributed by atoms with Crippen LogP contribution in [-0.4, -0.2) is 47.3 Å². The fraction of sp³-hybridized carbons (Fsp3) is 0.955. The third-order valence-corrected chi connectivity index (χ3v) is 5.01. The van der Waals surface area contributed by atoms with E-state index in [1.54, 1.807) is 4.90 Å². The molecule has 0 aliphatic rings. The number of unbranched alkanes of at least 4 members (excludes halogenated alkanes) is 11. The van der Waals surface area contributed by atoms with E-state index in [2.05, 4.69) is 13.8 Å². The maximum Gasteiger partial charge on any atom is 0.222 e. The number of carbonyl (C=O) groups excluding carboxylic acids is 1. The Bertz CT molecular complexity index is 302. The molecule has 0 unspecified atom stereocenters. The predicted molar refractivity (Wildman–Crippen MR) is 110 cm³/mol. The van der Waals surface area contributed by atoms with E-state index in [-0.39, 0.29) is 19.1 Å². The van der Waals surface area contributed by atoms with Gasteiger partial charge >= 0.3 is 0 Å². The van der Waals surface area contributed by atoms with Crippen molar-refractivity contribution in [2.75, 3.05) is 26.3 Å². The molecule has 4 heteroatoms.